The van der Waals surface area contributed by atoms with Crippen molar-refractivity contribution in [2.75, 3.05) is 20.7 Å². The summed E-state index contributed by atoms with van der Waals surface area (Å²) < 4.78 is 12.0. The molecule has 5 aliphatic rings. The first kappa shape index (κ1) is 15.7. The lowest BCUT2D eigenvalue weighted by Crippen LogP contribution is -2.81. The zero-order valence-electron chi connectivity index (χ0n) is 14.4. The third-order valence-corrected chi connectivity index (χ3v) is 8.09. The molecule has 24 heavy (non-hydrogen) atoms. The molecule has 2 saturated heterocycles. The lowest BCUT2D eigenvalue weighted by molar-refractivity contribution is -0.282. The highest BCUT2D eigenvalue weighted by Gasteiger charge is 2.79. The van der Waals surface area contributed by atoms with Crippen LogP contribution in [-0.2, 0) is 14.3 Å². The summed E-state index contributed by atoms with van der Waals surface area (Å²) in [6.45, 7) is 0.834. The monoisotopic (exact) mass is 337 g/mol. The van der Waals surface area contributed by atoms with Gasteiger partial charge in [0.1, 0.15) is 11.7 Å². The highest BCUT2D eigenvalue weighted by molar-refractivity contribution is 5.87. The Morgan fingerprint density at radius 1 is 1.38 bits per heavy atom. The first-order valence-corrected chi connectivity index (χ1v) is 9.26. The number of hydrogen-bond acceptors (Lipinski definition) is 6. The number of carbonyl (C=O) groups is 1. The Morgan fingerprint density at radius 3 is 2.92 bits per heavy atom. The van der Waals surface area contributed by atoms with E-state index in [0.29, 0.717) is 12.3 Å². The molecule has 0 radical (unpaired) electrons. The van der Waals surface area contributed by atoms with Crippen LogP contribution >= 0.6 is 0 Å². The van der Waals surface area contributed by atoms with E-state index in [9.17, 15) is 15.0 Å². The van der Waals surface area contributed by atoms with E-state index < -0.39 is 23.2 Å². The molecule has 5 fully saturated rings. The predicted octanol–water partition coefficient (Wildman–Crippen LogP) is -0.0460. The zero-order chi connectivity index (χ0) is 16.9. The molecule has 2 N–H and O–H groups in total. The smallest absolute Gasteiger partial charge is 0.164 e. The summed E-state index contributed by atoms with van der Waals surface area (Å²) in [5, 5.41) is 22.7. The Balaban J connectivity index is 1.71. The van der Waals surface area contributed by atoms with Crippen molar-refractivity contribution in [2.45, 2.75) is 68.2 Å². The van der Waals surface area contributed by atoms with Crippen LogP contribution in [-0.4, -0.2) is 77.7 Å². The number of piperidine rings is 1. The van der Waals surface area contributed by atoms with Crippen LogP contribution in [0.25, 0.3) is 0 Å². The van der Waals surface area contributed by atoms with E-state index in [2.05, 4.69) is 4.90 Å². The van der Waals surface area contributed by atoms with Crippen LogP contribution in [0.2, 0.25) is 0 Å². The molecule has 0 aromatic heterocycles. The Kier molecular flexibility index (Phi) is 3.14. The molecule has 9 atom stereocenters. The quantitative estimate of drug-likeness (QED) is 0.699. The topological polar surface area (TPSA) is 79.2 Å². The summed E-state index contributed by atoms with van der Waals surface area (Å²) in [6.07, 6.45) is 1.82. The second-order valence-corrected chi connectivity index (χ2v) is 8.65. The summed E-state index contributed by atoms with van der Waals surface area (Å²) in [4.78, 5) is 15.0. The number of likely N-dealkylation sites (N-methyl/N-ethyl adjacent to an activating group) is 1. The fourth-order valence-corrected chi connectivity index (χ4v) is 7.21. The van der Waals surface area contributed by atoms with Crippen LogP contribution in [0, 0.1) is 17.3 Å². The lowest BCUT2D eigenvalue weighted by atomic mass is 9.42. The molecule has 1 spiro atoms. The van der Waals surface area contributed by atoms with E-state index in [1.54, 1.807) is 7.11 Å². The molecule has 6 nitrogen and oxygen atoms in total. The van der Waals surface area contributed by atoms with Gasteiger partial charge in [0.2, 0.25) is 0 Å². The van der Waals surface area contributed by atoms with Crippen molar-refractivity contribution in [1.82, 2.24) is 4.90 Å². The Hall–Kier alpha value is -0.530. The van der Waals surface area contributed by atoms with Crippen molar-refractivity contribution in [3.8, 4) is 0 Å². The van der Waals surface area contributed by atoms with Gasteiger partial charge in [-0.05, 0) is 45.2 Å². The van der Waals surface area contributed by atoms with Gasteiger partial charge in [0.05, 0.1) is 18.3 Å². The summed E-state index contributed by atoms with van der Waals surface area (Å²) >= 11 is 0. The zero-order valence-corrected chi connectivity index (χ0v) is 14.4. The van der Waals surface area contributed by atoms with Crippen molar-refractivity contribution in [2.24, 2.45) is 17.3 Å². The molecule has 134 valence electrons. The molecule has 3 aliphatic carbocycles. The van der Waals surface area contributed by atoms with Crippen molar-refractivity contribution in [3.05, 3.63) is 0 Å². The van der Waals surface area contributed by atoms with E-state index in [0.717, 1.165) is 25.8 Å². The standard InChI is InChI=1S/C18H27NO5/c1-19-6-5-17-14-9-3-4-11(23-2)15(14)24-16(17)10(20)8-13(21)18(17,22)12(19)7-9/h9,11-16,21-22H,3-8H2,1-2H3/t9?,11?,12?,13-,14?,15?,16+,17+,18+/m1/s1. The molecule has 0 aromatic rings. The maximum Gasteiger partial charge on any atom is 0.164 e. The molecule has 0 amide bonds. The van der Waals surface area contributed by atoms with Crippen LogP contribution in [0.3, 0.4) is 0 Å². The number of carbonyl (C=O) groups excluding carboxylic acids is 1. The minimum atomic E-state index is -1.26. The van der Waals surface area contributed by atoms with Gasteiger partial charge in [0, 0.05) is 30.9 Å². The summed E-state index contributed by atoms with van der Waals surface area (Å²) in [5.74, 6) is 0.493. The number of aliphatic hydroxyl groups is 2. The van der Waals surface area contributed by atoms with E-state index in [1.165, 1.54) is 0 Å². The number of ketones is 1. The van der Waals surface area contributed by atoms with Crippen molar-refractivity contribution in [3.63, 3.8) is 0 Å². The summed E-state index contributed by atoms with van der Waals surface area (Å²) in [7, 11) is 3.74. The summed E-state index contributed by atoms with van der Waals surface area (Å²) in [6, 6.07) is -0.0976. The van der Waals surface area contributed by atoms with Gasteiger partial charge in [-0.25, -0.2) is 0 Å². The largest absolute Gasteiger partial charge is 0.390 e. The Morgan fingerprint density at radius 2 is 2.17 bits per heavy atom. The van der Waals surface area contributed by atoms with Gasteiger partial charge in [0.15, 0.2) is 5.78 Å². The number of methoxy groups -OCH3 is 1. The number of rotatable bonds is 1. The van der Waals surface area contributed by atoms with Crippen molar-refractivity contribution < 1.29 is 24.5 Å². The fourth-order valence-electron chi connectivity index (χ4n) is 7.21. The molecule has 2 aliphatic heterocycles. The van der Waals surface area contributed by atoms with Gasteiger partial charge in [-0.1, -0.05) is 0 Å². The average molecular weight is 337 g/mol. The second kappa shape index (κ2) is 4.80. The van der Waals surface area contributed by atoms with E-state index >= 15 is 0 Å². The highest BCUT2D eigenvalue weighted by Crippen LogP contribution is 2.69. The molecule has 6 heteroatoms. The van der Waals surface area contributed by atoms with Gasteiger partial charge in [-0.2, -0.15) is 0 Å². The van der Waals surface area contributed by atoms with E-state index in [-0.39, 0.29) is 36.4 Å². The fraction of sp³-hybridized carbons (Fsp3) is 0.944. The summed E-state index contributed by atoms with van der Waals surface area (Å²) in [5.41, 5.74) is -1.91. The number of nitrogens with zero attached hydrogens (tertiary/aromatic N) is 1. The van der Waals surface area contributed by atoms with E-state index in [4.69, 9.17) is 9.47 Å². The molecule has 2 heterocycles. The highest BCUT2D eigenvalue weighted by atomic mass is 16.6. The third-order valence-electron chi connectivity index (χ3n) is 8.09. The van der Waals surface area contributed by atoms with Crippen LogP contribution in [0.4, 0.5) is 0 Å². The lowest BCUT2D eigenvalue weighted by Gasteiger charge is -2.67. The number of hydrogen-bond donors (Lipinski definition) is 2. The van der Waals surface area contributed by atoms with Crippen LogP contribution < -0.4 is 0 Å². The van der Waals surface area contributed by atoms with Gasteiger partial charge >= 0.3 is 0 Å². The molecule has 5 unspecified atom stereocenters. The first-order valence-electron chi connectivity index (χ1n) is 9.26. The predicted molar refractivity (Wildman–Crippen MR) is 84.3 cm³/mol. The number of ether oxygens (including phenoxy) is 2. The molecule has 5 rings (SSSR count). The Bertz CT molecular complexity index is 584. The van der Waals surface area contributed by atoms with Gasteiger partial charge in [0.25, 0.3) is 0 Å². The number of aliphatic hydroxyl groups excluding tert-OH is 1. The number of likely N-dealkylation sites (tertiary alicyclic amines) is 1. The van der Waals surface area contributed by atoms with Crippen LogP contribution in [0.15, 0.2) is 0 Å². The SMILES string of the molecule is COC1CCC2CC3N(C)CC[C@]45C2C1O[C@H]4C(=O)C[C@@H](O)[C@@]35O. The maximum absolute atomic E-state index is 12.8. The molecule has 2 bridgehead atoms. The third kappa shape index (κ3) is 1.50. The van der Waals surface area contributed by atoms with Gasteiger partial charge < -0.3 is 24.6 Å². The minimum absolute atomic E-state index is 0.00495. The average Bonchev–Trinajstić information content (AvgIpc) is 2.91. The van der Waals surface area contributed by atoms with Gasteiger partial charge in [-0.3, -0.25) is 4.79 Å². The molecular formula is C18H27NO5. The second-order valence-electron chi connectivity index (χ2n) is 8.65. The molecular weight excluding hydrogens is 310 g/mol. The van der Waals surface area contributed by atoms with Crippen LogP contribution in [0.5, 0.6) is 0 Å². The van der Waals surface area contributed by atoms with Crippen molar-refractivity contribution >= 4 is 5.78 Å². The Labute approximate surface area is 142 Å². The van der Waals surface area contributed by atoms with Crippen LogP contribution in [0.1, 0.15) is 32.1 Å². The first-order chi connectivity index (χ1) is 11.4. The van der Waals surface area contributed by atoms with Gasteiger partial charge in [-0.15, -0.1) is 0 Å². The normalized spacial score (nSPS) is 59.3. The van der Waals surface area contributed by atoms with E-state index in [1.807, 2.05) is 7.05 Å². The number of Topliss-reactive ketones (excluding diaryl/α,β-unsaturated/α-hetero) is 1. The van der Waals surface area contributed by atoms with Crippen molar-refractivity contribution in [1.29, 1.82) is 0 Å². The molecule has 0 aromatic carbocycles. The maximum atomic E-state index is 12.8. The minimum Gasteiger partial charge on any atom is -0.390 e. The molecule has 3 saturated carbocycles.